The van der Waals surface area contributed by atoms with Crippen LogP contribution in [0.15, 0.2) is 18.2 Å². The van der Waals surface area contributed by atoms with E-state index >= 15 is 0 Å². The van der Waals surface area contributed by atoms with E-state index in [1.807, 2.05) is 12.1 Å². The Morgan fingerprint density at radius 2 is 2.14 bits per heavy atom. The van der Waals surface area contributed by atoms with Gasteiger partial charge in [-0.1, -0.05) is 36.7 Å². The number of carbonyl (C=O) groups is 1. The number of anilines is 1. The molecule has 0 atom stereocenters. The first-order chi connectivity index (χ1) is 10.1. The molecule has 0 saturated heterocycles. The van der Waals surface area contributed by atoms with Crippen LogP contribution in [0.2, 0.25) is 0 Å². The Kier molecular flexibility index (Phi) is 3.95. The molecule has 3 rings (SSSR count). The predicted molar refractivity (Wildman–Crippen MR) is 87.6 cm³/mol. The molecule has 1 saturated carbocycles. The summed E-state index contributed by atoms with van der Waals surface area (Å²) >= 11 is 1.53. The molecule has 3 N–H and O–H groups in total. The van der Waals surface area contributed by atoms with Gasteiger partial charge in [-0.05, 0) is 37.5 Å². The highest BCUT2D eigenvalue weighted by atomic mass is 32.1. The van der Waals surface area contributed by atoms with Gasteiger partial charge in [-0.15, -0.1) is 0 Å². The van der Waals surface area contributed by atoms with E-state index in [9.17, 15) is 4.79 Å². The van der Waals surface area contributed by atoms with Crippen LogP contribution in [0, 0.1) is 12.3 Å². The molecule has 2 aromatic rings. The molecular formula is C16H21N3OS. The monoisotopic (exact) mass is 303 g/mol. The fourth-order valence-corrected chi connectivity index (χ4v) is 4.03. The lowest BCUT2D eigenvalue weighted by Gasteiger charge is -2.34. The van der Waals surface area contributed by atoms with Gasteiger partial charge in [0, 0.05) is 6.54 Å². The maximum absolute atomic E-state index is 12.6. The second-order valence-electron chi connectivity index (χ2n) is 5.99. The summed E-state index contributed by atoms with van der Waals surface area (Å²) in [5.74, 6) is 0.0421. The predicted octanol–water partition coefficient (Wildman–Crippen LogP) is 3.45. The van der Waals surface area contributed by atoms with Gasteiger partial charge in [0.25, 0.3) is 0 Å². The van der Waals surface area contributed by atoms with Crippen LogP contribution in [0.1, 0.15) is 37.7 Å². The number of hydrogen-bond acceptors (Lipinski definition) is 4. The zero-order chi connectivity index (χ0) is 14.9. The van der Waals surface area contributed by atoms with E-state index in [4.69, 9.17) is 5.73 Å². The maximum atomic E-state index is 12.6. The summed E-state index contributed by atoms with van der Waals surface area (Å²) in [5.41, 5.74) is 7.65. The normalized spacial score (nSPS) is 17.8. The molecule has 0 aliphatic heterocycles. The number of hydrogen-bond donors (Lipinski definition) is 2. The Bertz CT molecular complexity index is 659. The topological polar surface area (TPSA) is 68.0 Å². The van der Waals surface area contributed by atoms with Crippen molar-refractivity contribution in [3.63, 3.8) is 0 Å². The minimum atomic E-state index is -0.397. The fraction of sp³-hybridized carbons (Fsp3) is 0.500. The first-order valence-electron chi connectivity index (χ1n) is 7.52. The second kappa shape index (κ2) is 5.73. The molecule has 0 spiro atoms. The Morgan fingerprint density at radius 3 is 2.86 bits per heavy atom. The van der Waals surface area contributed by atoms with Gasteiger partial charge in [-0.2, -0.15) is 0 Å². The van der Waals surface area contributed by atoms with Crippen molar-refractivity contribution in [2.75, 3.05) is 11.9 Å². The van der Waals surface area contributed by atoms with Gasteiger partial charge in [-0.3, -0.25) is 4.79 Å². The minimum absolute atomic E-state index is 0.0421. The Hall–Kier alpha value is -1.46. The highest BCUT2D eigenvalue weighted by Crippen LogP contribution is 2.37. The van der Waals surface area contributed by atoms with Crippen LogP contribution in [0.4, 0.5) is 5.13 Å². The third-order valence-electron chi connectivity index (χ3n) is 4.45. The largest absolute Gasteiger partial charge is 0.329 e. The van der Waals surface area contributed by atoms with Gasteiger partial charge in [0.2, 0.25) is 5.91 Å². The van der Waals surface area contributed by atoms with Crippen molar-refractivity contribution in [2.45, 2.75) is 39.0 Å². The Balaban J connectivity index is 1.81. The third kappa shape index (κ3) is 2.80. The summed E-state index contributed by atoms with van der Waals surface area (Å²) in [5, 5.41) is 3.68. The molecule has 1 heterocycles. The van der Waals surface area contributed by atoms with Crippen molar-refractivity contribution in [3.05, 3.63) is 23.8 Å². The smallest absolute Gasteiger partial charge is 0.233 e. The number of amides is 1. The molecule has 1 aliphatic rings. The zero-order valence-electron chi connectivity index (χ0n) is 12.3. The van der Waals surface area contributed by atoms with Gasteiger partial charge in [0.05, 0.1) is 15.6 Å². The molecule has 0 radical (unpaired) electrons. The molecular weight excluding hydrogens is 282 g/mol. The summed E-state index contributed by atoms with van der Waals surface area (Å²) in [7, 11) is 0. The molecule has 5 heteroatoms. The highest BCUT2D eigenvalue weighted by molar-refractivity contribution is 7.22. The van der Waals surface area contributed by atoms with Crippen LogP contribution in [0.3, 0.4) is 0 Å². The molecule has 21 heavy (non-hydrogen) atoms. The Labute approximate surface area is 128 Å². The molecule has 1 aromatic carbocycles. The molecule has 1 aromatic heterocycles. The number of nitrogens with zero attached hydrogens (tertiary/aromatic N) is 1. The van der Waals surface area contributed by atoms with E-state index in [1.165, 1.54) is 23.3 Å². The quantitative estimate of drug-likeness (QED) is 0.912. The summed E-state index contributed by atoms with van der Waals surface area (Å²) < 4.78 is 1.11. The first kappa shape index (κ1) is 14.5. The first-order valence-corrected chi connectivity index (χ1v) is 8.33. The summed E-state index contributed by atoms with van der Waals surface area (Å²) in [6.45, 7) is 2.48. The zero-order valence-corrected chi connectivity index (χ0v) is 13.1. The second-order valence-corrected chi connectivity index (χ2v) is 7.02. The van der Waals surface area contributed by atoms with Crippen molar-refractivity contribution < 1.29 is 4.79 Å². The Morgan fingerprint density at radius 1 is 1.38 bits per heavy atom. The number of aryl methyl sites for hydroxylation is 1. The van der Waals surface area contributed by atoms with Gasteiger partial charge in [0.15, 0.2) is 5.13 Å². The molecule has 0 unspecified atom stereocenters. The molecule has 1 aliphatic carbocycles. The van der Waals surface area contributed by atoms with Crippen LogP contribution >= 0.6 is 11.3 Å². The van der Waals surface area contributed by atoms with Crippen LogP contribution < -0.4 is 11.1 Å². The van der Waals surface area contributed by atoms with Crippen molar-refractivity contribution in [1.29, 1.82) is 0 Å². The van der Waals surface area contributed by atoms with Crippen LogP contribution in [-0.4, -0.2) is 17.4 Å². The van der Waals surface area contributed by atoms with Gasteiger partial charge >= 0.3 is 0 Å². The lowest BCUT2D eigenvalue weighted by Crippen LogP contribution is -2.43. The van der Waals surface area contributed by atoms with E-state index in [0.717, 1.165) is 35.9 Å². The van der Waals surface area contributed by atoms with Gasteiger partial charge in [0.1, 0.15) is 0 Å². The van der Waals surface area contributed by atoms with Crippen molar-refractivity contribution in [2.24, 2.45) is 11.1 Å². The van der Waals surface area contributed by atoms with E-state index in [2.05, 4.69) is 23.3 Å². The van der Waals surface area contributed by atoms with E-state index in [1.54, 1.807) is 0 Å². The van der Waals surface area contributed by atoms with E-state index in [-0.39, 0.29) is 5.91 Å². The van der Waals surface area contributed by atoms with Crippen LogP contribution in [0.25, 0.3) is 10.2 Å². The molecule has 1 amide bonds. The molecule has 1 fully saturated rings. The minimum Gasteiger partial charge on any atom is -0.329 e. The number of nitrogens with one attached hydrogen (secondary N) is 1. The number of rotatable bonds is 3. The van der Waals surface area contributed by atoms with Crippen molar-refractivity contribution >= 4 is 32.6 Å². The van der Waals surface area contributed by atoms with E-state index in [0.29, 0.717) is 11.7 Å². The lowest BCUT2D eigenvalue weighted by atomic mass is 9.73. The fourth-order valence-electron chi connectivity index (χ4n) is 3.07. The summed E-state index contributed by atoms with van der Waals surface area (Å²) in [4.78, 5) is 17.1. The SMILES string of the molecule is Cc1ccc2nc(NC(=O)C3(CN)CCCCC3)sc2c1. The molecule has 0 bridgehead atoms. The average molecular weight is 303 g/mol. The number of nitrogens with two attached hydrogens (primary N) is 1. The number of benzene rings is 1. The van der Waals surface area contributed by atoms with Crippen molar-refractivity contribution in [3.8, 4) is 0 Å². The summed E-state index contributed by atoms with van der Waals surface area (Å²) in [6.07, 6.45) is 5.15. The summed E-state index contributed by atoms with van der Waals surface area (Å²) in [6, 6.07) is 6.13. The van der Waals surface area contributed by atoms with E-state index < -0.39 is 5.41 Å². The molecule has 112 valence electrons. The number of aromatic nitrogens is 1. The van der Waals surface area contributed by atoms with Gasteiger partial charge < -0.3 is 11.1 Å². The van der Waals surface area contributed by atoms with Crippen LogP contribution in [-0.2, 0) is 4.79 Å². The number of fused-ring (bicyclic) bond motifs is 1. The maximum Gasteiger partial charge on any atom is 0.233 e. The van der Waals surface area contributed by atoms with Crippen molar-refractivity contribution in [1.82, 2.24) is 4.98 Å². The standard InChI is InChI=1S/C16H21N3OS/c1-11-5-6-12-13(9-11)21-15(18-12)19-14(20)16(10-17)7-3-2-4-8-16/h5-6,9H,2-4,7-8,10,17H2,1H3,(H,18,19,20). The van der Waals surface area contributed by atoms with Crippen LogP contribution in [0.5, 0.6) is 0 Å². The number of thiazole rings is 1. The van der Waals surface area contributed by atoms with Gasteiger partial charge in [-0.25, -0.2) is 4.98 Å². The highest BCUT2D eigenvalue weighted by Gasteiger charge is 2.38. The average Bonchev–Trinajstić information content (AvgIpc) is 2.89. The third-order valence-corrected chi connectivity index (χ3v) is 5.38. The molecule has 4 nitrogen and oxygen atoms in total. The number of carbonyl (C=O) groups excluding carboxylic acids is 1. The lowest BCUT2D eigenvalue weighted by molar-refractivity contribution is -0.126.